The minimum Gasteiger partial charge on any atom is -0.0712 e. The Morgan fingerprint density at radius 1 is 0.769 bits per heavy atom. The van der Waals surface area contributed by atoms with Crippen molar-refractivity contribution in [2.45, 2.75) is 7.47 Å². The van der Waals surface area contributed by atoms with Crippen LogP contribution in [0.5, 0.6) is 0 Å². The maximum atomic E-state index is 3.47. The molecule has 0 saturated carbocycles. The van der Waals surface area contributed by atoms with Gasteiger partial charge in [0.15, 0.2) is 0 Å². The lowest BCUT2D eigenvalue weighted by molar-refractivity contribution is 1.32. The van der Waals surface area contributed by atoms with Crippen molar-refractivity contribution in [2.24, 2.45) is 0 Å². The fourth-order valence-corrected chi connectivity index (χ4v) is 2.47. The molecule has 0 N–H and O–H groups in total. The average molecular weight is 501 g/mol. The Kier molecular flexibility index (Phi) is 5.50. The van der Waals surface area contributed by atoms with Gasteiger partial charge in [0.25, 0.3) is 0 Å². The first-order chi connectivity index (χ1) is 6.00. The molecule has 0 heterocycles. The second-order valence-corrected chi connectivity index (χ2v) is 9.46. The Morgan fingerprint density at radius 2 is 1.15 bits per heavy atom. The molecule has 72 valence electrons. The van der Waals surface area contributed by atoms with Gasteiger partial charge in [0.05, 0.1) is 7.47 Å². The lowest BCUT2D eigenvalue weighted by Crippen LogP contribution is -1.86. The summed E-state index contributed by atoms with van der Waals surface area (Å²) in [6, 6.07) is 6.26. The molecule has 0 saturated heterocycles. The molecule has 1 aromatic rings. The molecule has 0 fully saturated rings. The van der Waals surface area contributed by atoms with E-state index in [1.54, 1.807) is 0 Å². The second-order valence-electron chi connectivity index (χ2n) is 2.42. The standard InChI is InChI=1S/C8H5Br5/c9-6-2-4(7(10)11)1-5(3-6)8(12)13/h1-3,7-8H. The van der Waals surface area contributed by atoms with Crippen LogP contribution in [0.25, 0.3) is 0 Å². The fraction of sp³-hybridized carbons (Fsp3) is 0.250. The van der Waals surface area contributed by atoms with Gasteiger partial charge in [0, 0.05) is 4.47 Å². The highest BCUT2D eigenvalue weighted by Crippen LogP contribution is 2.36. The molecule has 0 bridgehead atoms. The van der Waals surface area contributed by atoms with E-state index >= 15 is 0 Å². The summed E-state index contributed by atoms with van der Waals surface area (Å²) in [6.07, 6.45) is 0. The maximum absolute atomic E-state index is 3.47. The first-order valence-electron chi connectivity index (χ1n) is 3.37. The summed E-state index contributed by atoms with van der Waals surface area (Å²) in [6.45, 7) is 0. The summed E-state index contributed by atoms with van der Waals surface area (Å²) in [5, 5.41) is 0. The van der Waals surface area contributed by atoms with Gasteiger partial charge in [-0.2, -0.15) is 0 Å². The number of halogens is 5. The van der Waals surface area contributed by atoms with Gasteiger partial charge in [-0.25, -0.2) is 0 Å². The summed E-state index contributed by atoms with van der Waals surface area (Å²) in [5.41, 5.74) is 2.38. The molecule has 0 nitrogen and oxygen atoms in total. The molecule has 0 aliphatic heterocycles. The van der Waals surface area contributed by atoms with Gasteiger partial charge in [0.1, 0.15) is 0 Å². The van der Waals surface area contributed by atoms with Crippen molar-refractivity contribution in [1.82, 2.24) is 0 Å². The zero-order valence-electron chi connectivity index (χ0n) is 6.28. The van der Waals surface area contributed by atoms with Gasteiger partial charge >= 0.3 is 0 Å². The van der Waals surface area contributed by atoms with E-state index in [4.69, 9.17) is 0 Å². The highest BCUT2D eigenvalue weighted by molar-refractivity contribution is 9.24. The lowest BCUT2D eigenvalue weighted by atomic mass is 10.2. The molecule has 0 aliphatic carbocycles. The van der Waals surface area contributed by atoms with Gasteiger partial charge in [-0.3, -0.25) is 0 Å². The molecule has 0 radical (unpaired) electrons. The van der Waals surface area contributed by atoms with Gasteiger partial charge < -0.3 is 0 Å². The molecule has 0 aliphatic rings. The smallest absolute Gasteiger partial charge is 0.0712 e. The highest BCUT2D eigenvalue weighted by Gasteiger charge is 2.08. The summed E-state index contributed by atoms with van der Waals surface area (Å²) in [7, 11) is 0. The Hall–Kier alpha value is 1.62. The largest absolute Gasteiger partial charge is 0.0947 e. The van der Waals surface area contributed by atoms with Crippen molar-refractivity contribution in [1.29, 1.82) is 0 Å². The molecular weight excluding hydrogens is 496 g/mol. The summed E-state index contributed by atoms with van der Waals surface area (Å²) in [5.74, 6) is 0. The number of benzene rings is 1. The van der Waals surface area contributed by atoms with Gasteiger partial charge in [-0.15, -0.1) is 0 Å². The van der Waals surface area contributed by atoms with Crippen molar-refractivity contribution in [2.75, 3.05) is 0 Å². The van der Waals surface area contributed by atoms with Crippen LogP contribution in [0.4, 0.5) is 0 Å². The van der Waals surface area contributed by atoms with Crippen molar-refractivity contribution in [3.8, 4) is 0 Å². The molecule has 0 atom stereocenters. The quantitative estimate of drug-likeness (QED) is 0.435. The first kappa shape index (κ1) is 12.7. The molecule has 0 spiro atoms. The zero-order valence-corrected chi connectivity index (χ0v) is 14.2. The van der Waals surface area contributed by atoms with E-state index in [1.807, 2.05) is 0 Å². The van der Waals surface area contributed by atoms with Crippen LogP contribution >= 0.6 is 79.6 Å². The van der Waals surface area contributed by atoms with Crippen LogP contribution in [-0.2, 0) is 0 Å². The topological polar surface area (TPSA) is 0 Å². The summed E-state index contributed by atoms with van der Waals surface area (Å²) >= 11 is 17.3. The Labute approximate surface area is 119 Å². The minimum atomic E-state index is 0.190. The average Bonchev–Trinajstić information content (AvgIpc) is 2.03. The number of hydrogen-bond acceptors (Lipinski definition) is 0. The van der Waals surface area contributed by atoms with E-state index in [2.05, 4.69) is 97.8 Å². The van der Waals surface area contributed by atoms with Gasteiger partial charge in [0.2, 0.25) is 0 Å². The van der Waals surface area contributed by atoms with Gasteiger partial charge in [-0.05, 0) is 23.3 Å². The zero-order chi connectivity index (χ0) is 10.0. The maximum Gasteiger partial charge on any atom is 0.0947 e. The van der Waals surface area contributed by atoms with Crippen LogP contribution < -0.4 is 0 Å². The monoisotopic (exact) mass is 496 g/mol. The van der Waals surface area contributed by atoms with E-state index in [9.17, 15) is 0 Å². The van der Waals surface area contributed by atoms with E-state index in [1.165, 1.54) is 11.1 Å². The van der Waals surface area contributed by atoms with Gasteiger partial charge in [-0.1, -0.05) is 85.7 Å². The molecule has 0 unspecified atom stereocenters. The predicted molar refractivity (Wildman–Crippen MR) is 75.3 cm³/mol. The third kappa shape index (κ3) is 3.93. The van der Waals surface area contributed by atoms with Crippen LogP contribution in [0.15, 0.2) is 22.7 Å². The van der Waals surface area contributed by atoms with Crippen molar-refractivity contribution in [3.05, 3.63) is 33.8 Å². The van der Waals surface area contributed by atoms with E-state index < -0.39 is 0 Å². The summed E-state index contributed by atoms with van der Waals surface area (Å²) < 4.78 is 1.46. The number of hydrogen-bond donors (Lipinski definition) is 0. The predicted octanol–water partition coefficient (Wildman–Crippen LogP) is 6.03. The van der Waals surface area contributed by atoms with Crippen molar-refractivity contribution < 1.29 is 0 Å². The number of alkyl halides is 4. The van der Waals surface area contributed by atoms with Crippen molar-refractivity contribution >= 4 is 79.6 Å². The molecule has 5 heteroatoms. The molecule has 1 rings (SSSR count). The third-order valence-electron chi connectivity index (χ3n) is 1.45. The van der Waals surface area contributed by atoms with Crippen molar-refractivity contribution in [3.63, 3.8) is 0 Å². The Bertz CT molecular complexity index is 268. The molecule has 13 heavy (non-hydrogen) atoms. The normalized spacial score (nSPS) is 11.3. The second kappa shape index (κ2) is 5.64. The van der Waals surface area contributed by atoms with Crippen LogP contribution in [0.1, 0.15) is 18.6 Å². The Balaban J connectivity index is 3.11. The Morgan fingerprint density at radius 3 is 1.46 bits per heavy atom. The molecule has 0 aromatic heterocycles. The van der Waals surface area contributed by atoms with E-state index in [-0.39, 0.29) is 7.47 Å². The van der Waals surface area contributed by atoms with E-state index in [0.29, 0.717) is 0 Å². The SMILES string of the molecule is Brc1cc(C(Br)Br)cc(C(Br)Br)c1. The first-order valence-corrected chi connectivity index (χ1v) is 7.83. The molecular formula is C8H5Br5. The van der Waals surface area contributed by atoms with Crippen LogP contribution in [0, 0.1) is 0 Å². The fourth-order valence-electron chi connectivity index (χ4n) is 0.888. The highest BCUT2D eigenvalue weighted by atomic mass is 79.9. The summed E-state index contributed by atoms with van der Waals surface area (Å²) in [4.78, 5) is 0. The van der Waals surface area contributed by atoms with Crippen LogP contribution in [0.2, 0.25) is 0 Å². The molecule has 1 aromatic carbocycles. The third-order valence-corrected chi connectivity index (χ3v) is 4.02. The minimum absolute atomic E-state index is 0.190. The lowest BCUT2D eigenvalue weighted by Gasteiger charge is -2.08. The molecule has 0 amide bonds. The van der Waals surface area contributed by atoms with Crippen LogP contribution in [0.3, 0.4) is 0 Å². The number of rotatable bonds is 2. The van der Waals surface area contributed by atoms with Crippen LogP contribution in [-0.4, -0.2) is 0 Å². The van der Waals surface area contributed by atoms with E-state index in [0.717, 1.165) is 4.47 Å².